The number of carbonyl (C=O) groups is 2. The van der Waals surface area contributed by atoms with Crippen molar-refractivity contribution in [2.24, 2.45) is 5.10 Å². The van der Waals surface area contributed by atoms with Gasteiger partial charge in [-0.15, -0.1) is 0 Å². The van der Waals surface area contributed by atoms with Gasteiger partial charge in [0.15, 0.2) is 0 Å². The number of hydrogen-bond acceptors (Lipinski definition) is 4. The molecule has 6 nitrogen and oxygen atoms in total. The van der Waals surface area contributed by atoms with E-state index in [9.17, 15) is 9.59 Å². The molecular formula is C23H27N3O3. The Labute approximate surface area is 171 Å². The van der Waals surface area contributed by atoms with Crippen molar-refractivity contribution in [1.82, 2.24) is 10.7 Å². The van der Waals surface area contributed by atoms with E-state index in [2.05, 4.69) is 15.8 Å². The zero-order chi connectivity index (χ0) is 20.3. The van der Waals surface area contributed by atoms with Gasteiger partial charge in [-0.05, 0) is 48.2 Å². The van der Waals surface area contributed by atoms with E-state index in [1.54, 1.807) is 0 Å². The normalized spacial score (nSPS) is 14.9. The highest BCUT2D eigenvalue weighted by Crippen LogP contribution is 2.17. The Kier molecular flexibility index (Phi) is 7.81. The van der Waals surface area contributed by atoms with E-state index in [-0.39, 0.29) is 6.04 Å². The molecule has 2 N–H and O–H groups in total. The highest BCUT2D eigenvalue weighted by atomic mass is 16.5. The number of hydrazone groups is 1. The number of hydrogen-bond donors (Lipinski definition) is 2. The molecule has 0 unspecified atom stereocenters. The van der Waals surface area contributed by atoms with Crippen molar-refractivity contribution in [3.8, 4) is 5.75 Å². The number of nitrogens with zero attached hydrogens (tertiary/aromatic N) is 1. The fourth-order valence-corrected chi connectivity index (χ4v) is 3.28. The van der Waals surface area contributed by atoms with Crippen molar-refractivity contribution in [3.63, 3.8) is 0 Å². The van der Waals surface area contributed by atoms with Gasteiger partial charge in [0.1, 0.15) is 12.4 Å². The maximum atomic E-state index is 12.0. The van der Waals surface area contributed by atoms with Gasteiger partial charge < -0.3 is 10.1 Å². The first-order valence-corrected chi connectivity index (χ1v) is 10.1. The average Bonchev–Trinajstić information content (AvgIpc) is 3.02. The SMILES string of the molecule is O=C(NN=Cc1ccc(OCc2ccccc2)cc1)C(=O)NC1CCCCCC1. The Balaban J connectivity index is 1.42. The maximum Gasteiger partial charge on any atom is 0.329 e. The molecule has 0 aliphatic heterocycles. The average molecular weight is 393 g/mol. The molecule has 6 heteroatoms. The van der Waals surface area contributed by atoms with Crippen LogP contribution in [0.15, 0.2) is 59.7 Å². The molecule has 0 saturated heterocycles. The number of rotatable bonds is 6. The molecule has 0 aromatic heterocycles. The summed E-state index contributed by atoms with van der Waals surface area (Å²) in [7, 11) is 0. The summed E-state index contributed by atoms with van der Waals surface area (Å²) >= 11 is 0. The van der Waals surface area contributed by atoms with E-state index in [1.807, 2.05) is 54.6 Å². The van der Waals surface area contributed by atoms with Gasteiger partial charge >= 0.3 is 11.8 Å². The second-order valence-electron chi connectivity index (χ2n) is 7.20. The third-order valence-electron chi connectivity index (χ3n) is 4.90. The highest BCUT2D eigenvalue weighted by Gasteiger charge is 2.19. The molecule has 29 heavy (non-hydrogen) atoms. The van der Waals surface area contributed by atoms with Crippen LogP contribution >= 0.6 is 0 Å². The molecule has 1 aliphatic rings. The lowest BCUT2D eigenvalue weighted by molar-refractivity contribution is -0.139. The standard InChI is InChI=1S/C23H27N3O3/c27-22(25-20-10-6-1-2-7-11-20)23(28)26-24-16-18-12-14-21(15-13-18)29-17-19-8-4-3-5-9-19/h3-5,8-9,12-16,20H,1-2,6-7,10-11,17H2,(H,25,27)(H,26,28). The highest BCUT2D eigenvalue weighted by molar-refractivity contribution is 6.35. The van der Waals surface area contributed by atoms with Crippen molar-refractivity contribution in [1.29, 1.82) is 0 Å². The van der Waals surface area contributed by atoms with Crippen LogP contribution in [0, 0.1) is 0 Å². The van der Waals surface area contributed by atoms with Gasteiger partial charge in [-0.1, -0.05) is 56.0 Å². The predicted molar refractivity (Wildman–Crippen MR) is 113 cm³/mol. The third kappa shape index (κ3) is 7.07. The van der Waals surface area contributed by atoms with Crippen molar-refractivity contribution in [3.05, 3.63) is 65.7 Å². The summed E-state index contributed by atoms with van der Waals surface area (Å²) in [5, 5.41) is 6.67. The van der Waals surface area contributed by atoms with Gasteiger partial charge in [-0.25, -0.2) is 5.43 Å². The van der Waals surface area contributed by atoms with Crippen LogP contribution in [0.1, 0.15) is 49.7 Å². The molecule has 1 saturated carbocycles. The largest absolute Gasteiger partial charge is 0.489 e. The van der Waals surface area contributed by atoms with E-state index in [1.165, 1.54) is 19.1 Å². The first-order valence-electron chi connectivity index (χ1n) is 10.1. The molecule has 2 aromatic carbocycles. The Morgan fingerprint density at radius 2 is 1.62 bits per heavy atom. The smallest absolute Gasteiger partial charge is 0.329 e. The number of amides is 2. The predicted octanol–water partition coefficient (Wildman–Crippen LogP) is 3.55. The molecule has 0 bridgehead atoms. The van der Waals surface area contributed by atoms with Crippen LogP contribution in [0.5, 0.6) is 5.75 Å². The van der Waals surface area contributed by atoms with E-state index in [0.717, 1.165) is 42.6 Å². The fraction of sp³-hybridized carbons (Fsp3) is 0.348. The quantitative estimate of drug-likeness (QED) is 0.341. The topological polar surface area (TPSA) is 79.8 Å². The Morgan fingerprint density at radius 1 is 0.931 bits per heavy atom. The summed E-state index contributed by atoms with van der Waals surface area (Å²) in [6.07, 6.45) is 7.93. The van der Waals surface area contributed by atoms with Crippen molar-refractivity contribution in [2.75, 3.05) is 0 Å². The number of nitrogens with one attached hydrogen (secondary N) is 2. The van der Waals surface area contributed by atoms with Gasteiger partial charge in [0.2, 0.25) is 0 Å². The molecule has 0 spiro atoms. The van der Waals surface area contributed by atoms with Crippen molar-refractivity contribution in [2.45, 2.75) is 51.2 Å². The van der Waals surface area contributed by atoms with Crippen molar-refractivity contribution < 1.29 is 14.3 Å². The first kappa shape index (κ1) is 20.6. The van der Waals surface area contributed by atoms with Crippen LogP contribution in [0.2, 0.25) is 0 Å². The van der Waals surface area contributed by atoms with Gasteiger partial charge in [-0.3, -0.25) is 9.59 Å². The summed E-state index contributed by atoms with van der Waals surface area (Å²) in [6.45, 7) is 0.500. The lowest BCUT2D eigenvalue weighted by atomic mass is 10.1. The molecule has 152 valence electrons. The minimum absolute atomic E-state index is 0.0863. The lowest BCUT2D eigenvalue weighted by Gasteiger charge is -2.14. The van der Waals surface area contributed by atoms with E-state index < -0.39 is 11.8 Å². The van der Waals surface area contributed by atoms with Crippen LogP contribution in [0.25, 0.3) is 0 Å². The zero-order valence-electron chi connectivity index (χ0n) is 16.5. The number of benzene rings is 2. The van der Waals surface area contributed by atoms with Crippen LogP contribution in [-0.4, -0.2) is 24.1 Å². The van der Waals surface area contributed by atoms with Crippen LogP contribution < -0.4 is 15.5 Å². The zero-order valence-corrected chi connectivity index (χ0v) is 16.5. The maximum absolute atomic E-state index is 12.0. The second-order valence-corrected chi connectivity index (χ2v) is 7.20. The number of ether oxygens (including phenoxy) is 1. The van der Waals surface area contributed by atoms with Gasteiger partial charge in [0.05, 0.1) is 6.21 Å². The summed E-state index contributed by atoms with van der Waals surface area (Å²) in [6, 6.07) is 17.4. The van der Waals surface area contributed by atoms with Crippen molar-refractivity contribution >= 4 is 18.0 Å². The summed E-state index contributed by atoms with van der Waals surface area (Å²) in [5.74, 6) is -0.621. The minimum Gasteiger partial charge on any atom is -0.489 e. The molecule has 0 radical (unpaired) electrons. The van der Waals surface area contributed by atoms with Crippen LogP contribution in [0.4, 0.5) is 0 Å². The summed E-state index contributed by atoms with van der Waals surface area (Å²) in [4.78, 5) is 23.9. The molecule has 2 aromatic rings. The molecule has 0 atom stereocenters. The molecule has 3 rings (SSSR count). The molecule has 2 amide bonds. The molecule has 1 aliphatic carbocycles. The van der Waals surface area contributed by atoms with Crippen LogP contribution in [0.3, 0.4) is 0 Å². The molecule has 0 heterocycles. The fourth-order valence-electron chi connectivity index (χ4n) is 3.28. The Morgan fingerprint density at radius 3 is 2.31 bits per heavy atom. The van der Waals surface area contributed by atoms with Crippen LogP contribution in [-0.2, 0) is 16.2 Å². The minimum atomic E-state index is -0.742. The second kappa shape index (κ2) is 11.0. The summed E-state index contributed by atoms with van der Waals surface area (Å²) < 4.78 is 5.74. The van der Waals surface area contributed by atoms with E-state index >= 15 is 0 Å². The van der Waals surface area contributed by atoms with E-state index in [4.69, 9.17) is 4.74 Å². The lowest BCUT2D eigenvalue weighted by Crippen LogP contribution is -2.43. The molecular weight excluding hydrogens is 366 g/mol. The summed E-state index contributed by atoms with van der Waals surface area (Å²) in [5.41, 5.74) is 4.18. The monoisotopic (exact) mass is 393 g/mol. The number of carbonyl (C=O) groups excluding carboxylic acids is 2. The Bertz CT molecular complexity index is 811. The first-order chi connectivity index (χ1) is 14.2. The van der Waals surface area contributed by atoms with E-state index in [0.29, 0.717) is 6.61 Å². The molecule has 1 fully saturated rings. The van der Waals surface area contributed by atoms with Gasteiger partial charge in [0, 0.05) is 6.04 Å². The Hall–Kier alpha value is -3.15. The third-order valence-corrected chi connectivity index (χ3v) is 4.90. The van der Waals surface area contributed by atoms with Gasteiger partial charge in [0.25, 0.3) is 0 Å². The van der Waals surface area contributed by atoms with Gasteiger partial charge in [-0.2, -0.15) is 5.10 Å².